The van der Waals surface area contributed by atoms with Crippen LogP contribution in [-0.4, -0.2) is 40.3 Å². The van der Waals surface area contributed by atoms with E-state index in [1.54, 1.807) is 0 Å². The highest BCUT2D eigenvalue weighted by molar-refractivity contribution is 5.89. The van der Waals surface area contributed by atoms with E-state index >= 15 is 0 Å². The molecule has 6 rings (SSSR count). The fourth-order valence-corrected chi connectivity index (χ4v) is 4.46. The molecule has 3 heterocycles. The summed E-state index contributed by atoms with van der Waals surface area (Å²) in [6.07, 6.45) is 3.19. The number of carbonyl (C=O) groups excluding carboxylic acids is 1. The molecule has 1 saturated carbocycles. The van der Waals surface area contributed by atoms with Crippen LogP contribution in [0, 0.1) is 5.92 Å². The summed E-state index contributed by atoms with van der Waals surface area (Å²) in [6.45, 7) is 1.43. The van der Waals surface area contributed by atoms with E-state index in [9.17, 15) is 4.79 Å². The van der Waals surface area contributed by atoms with Gasteiger partial charge in [-0.05, 0) is 43.9 Å². The van der Waals surface area contributed by atoms with Crippen LogP contribution in [0.15, 0.2) is 34.7 Å². The molecule has 1 atom stereocenters. The molecule has 4 aromatic rings. The van der Waals surface area contributed by atoms with Gasteiger partial charge in [-0.3, -0.25) is 0 Å². The third-order valence-electron chi connectivity index (χ3n) is 6.22. The number of nitrogens with two attached hydrogens (primary N) is 1. The number of aryl methyl sites for hydroxylation is 1. The van der Waals surface area contributed by atoms with E-state index in [1.165, 1.54) is 7.11 Å². The number of imidazole rings is 1. The molecule has 170 valence electrons. The lowest BCUT2D eigenvalue weighted by molar-refractivity contribution is -0.149. The Morgan fingerprint density at radius 1 is 1.18 bits per heavy atom. The van der Waals surface area contributed by atoms with Crippen LogP contribution in [0.25, 0.3) is 33.5 Å². The maximum absolute atomic E-state index is 12.3. The maximum Gasteiger partial charge on any atom is 0.347 e. The maximum atomic E-state index is 12.3. The summed E-state index contributed by atoms with van der Waals surface area (Å²) in [5.41, 5.74) is 9.59. The number of anilines is 1. The van der Waals surface area contributed by atoms with Crippen LogP contribution < -0.4 is 15.2 Å². The van der Waals surface area contributed by atoms with Gasteiger partial charge in [-0.25, -0.2) is 9.78 Å². The molecule has 0 radical (unpaired) electrons. The monoisotopic (exact) mass is 448 g/mol. The number of oxazole rings is 1. The minimum atomic E-state index is -0.617. The number of benzene rings is 2. The van der Waals surface area contributed by atoms with Crippen LogP contribution in [0.5, 0.6) is 11.5 Å². The molecule has 2 aliphatic rings. The normalized spacial score (nSPS) is 16.8. The van der Waals surface area contributed by atoms with Gasteiger partial charge in [0.25, 0.3) is 6.01 Å². The van der Waals surface area contributed by atoms with Gasteiger partial charge in [0, 0.05) is 30.2 Å². The molecule has 1 aliphatic carbocycles. The highest BCUT2D eigenvalue weighted by Crippen LogP contribution is 2.40. The zero-order valence-electron chi connectivity index (χ0n) is 18.2. The second-order valence-corrected chi connectivity index (χ2v) is 8.57. The molecule has 0 saturated heterocycles. The van der Waals surface area contributed by atoms with Crippen LogP contribution in [0.3, 0.4) is 0 Å². The first-order valence-corrected chi connectivity index (χ1v) is 11.2. The number of hydrogen-bond acceptors (Lipinski definition) is 8. The van der Waals surface area contributed by atoms with Crippen LogP contribution in [0.4, 0.5) is 6.01 Å². The van der Waals surface area contributed by atoms with Crippen molar-refractivity contribution in [3.05, 3.63) is 30.3 Å². The Kier molecular flexibility index (Phi) is 4.63. The minimum Gasteiger partial charge on any atom is -0.491 e. The number of aromatic nitrogens is 3. The van der Waals surface area contributed by atoms with Crippen molar-refractivity contribution in [2.24, 2.45) is 5.92 Å². The number of nitrogens with zero attached hydrogens (tertiary/aromatic N) is 3. The second kappa shape index (κ2) is 7.68. The zero-order chi connectivity index (χ0) is 22.5. The van der Waals surface area contributed by atoms with Gasteiger partial charge in [-0.2, -0.15) is 4.98 Å². The second-order valence-electron chi connectivity index (χ2n) is 8.57. The summed E-state index contributed by atoms with van der Waals surface area (Å²) < 4.78 is 24.9. The number of hydrogen-bond donors (Lipinski definition) is 1. The third-order valence-corrected chi connectivity index (χ3v) is 6.22. The summed E-state index contributed by atoms with van der Waals surface area (Å²) in [5.74, 6) is 1.88. The smallest absolute Gasteiger partial charge is 0.347 e. The average molecular weight is 448 g/mol. The van der Waals surface area contributed by atoms with E-state index < -0.39 is 6.10 Å². The van der Waals surface area contributed by atoms with Crippen molar-refractivity contribution in [2.75, 3.05) is 19.5 Å². The molecule has 1 aliphatic heterocycles. The lowest BCUT2D eigenvalue weighted by Gasteiger charge is -2.19. The van der Waals surface area contributed by atoms with Crippen molar-refractivity contribution >= 4 is 34.1 Å². The lowest BCUT2D eigenvalue weighted by atomic mass is 10.2. The van der Waals surface area contributed by atoms with Crippen molar-refractivity contribution in [3.63, 3.8) is 0 Å². The molecule has 1 fully saturated rings. The van der Waals surface area contributed by atoms with E-state index in [-0.39, 0.29) is 17.9 Å². The van der Waals surface area contributed by atoms with Crippen LogP contribution in [-0.2, 0) is 16.1 Å². The molecule has 9 nitrogen and oxygen atoms in total. The molecule has 33 heavy (non-hydrogen) atoms. The first-order chi connectivity index (χ1) is 16.1. The Morgan fingerprint density at radius 3 is 2.88 bits per heavy atom. The number of fused-ring (bicyclic) bond motifs is 1. The molecular weight excluding hydrogens is 424 g/mol. The highest BCUT2D eigenvalue weighted by Gasteiger charge is 2.39. The minimum absolute atomic E-state index is 0.137. The fraction of sp³-hybridized carbons (Fsp3) is 0.375. The fourth-order valence-electron chi connectivity index (χ4n) is 4.46. The summed E-state index contributed by atoms with van der Waals surface area (Å²) in [5, 5.41) is 0. The Balaban J connectivity index is 1.47. The van der Waals surface area contributed by atoms with Gasteiger partial charge in [-0.15, -0.1) is 0 Å². The van der Waals surface area contributed by atoms with Gasteiger partial charge in [0.05, 0.1) is 19.2 Å². The van der Waals surface area contributed by atoms with Gasteiger partial charge < -0.3 is 28.9 Å². The number of methoxy groups -OCH3 is 1. The van der Waals surface area contributed by atoms with Crippen molar-refractivity contribution in [2.45, 2.75) is 38.3 Å². The highest BCUT2D eigenvalue weighted by atomic mass is 16.6. The van der Waals surface area contributed by atoms with Crippen molar-refractivity contribution in [1.29, 1.82) is 0 Å². The van der Waals surface area contributed by atoms with Crippen LogP contribution in [0.1, 0.15) is 25.7 Å². The summed E-state index contributed by atoms with van der Waals surface area (Å²) in [6, 6.07) is 9.61. The number of nitrogen functional groups attached to an aromatic ring is 1. The van der Waals surface area contributed by atoms with Gasteiger partial charge >= 0.3 is 5.97 Å². The van der Waals surface area contributed by atoms with Crippen molar-refractivity contribution < 1.29 is 23.4 Å². The van der Waals surface area contributed by atoms with E-state index in [1.807, 2.05) is 30.3 Å². The molecule has 9 heteroatoms. The summed E-state index contributed by atoms with van der Waals surface area (Å²) in [4.78, 5) is 21.4. The Bertz CT molecular complexity index is 1370. The first-order valence-electron chi connectivity index (χ1n) is 11.2. The SMILES string of the molecule is COC(=O)C(Oc1cc2c3c(c1)nc(-c1ccc4nc(N)oc4c1)n3CCCCO2)C1CC1. The Labute approximate surface area is 189 Å². The molecule has 2 N–H and O–H groups in total. The van der Waals surface area contributed by atoms with Gasteiger partial charge in [0.2, 0.25) is 0 Å². The van der Waals surface area contributed by atoms with Gasteiger partial charge in [0.1, 0.15) is 28.4 Å². The van der Waals surface area contributed by atoms with Crippen molar-refractivity contribution in [1.82, 2.24) is 14.5 Å². The van der Waals surface area contributed by atoms with Crippen molar-refractivity contribution in [3.8, 4) is 22.9 Å². The third kappa shape index (κ3) is 3.53. The molecular formula is C24H24N4O5. The molecule has 0 spiro atoms. The number of carbonyl (C=O) groups is 1. The quantitative estimate of drug-likeness (QED) is 0.457. The standard InChI is InChI=1S/C24H24N4O5/c1-30-23(29)21(13-4-5-13)32-15-11-17-20-19(12-15)31-9-3-2-8-28(20)22(26-17)14-6-7-16-18(10-14)33-24(25)27-16/h6-7,10-13,21H,2-5,8-9H2,1H3,(H2,25,27). The molecule has 2 aromatic heterocycles. The van der Waals surface area contributed by atoms with Crippen LogP contribution in [0.2, 0.25) is 0 Å². The molecule has 2 aromatic carbocycles. The van der Waals surface area contributed by atoms with Crippen LogP contribution >= 0.6 is 0 Å². The van der Waals surface area contributed by atoms with E-state index in [0.29, 0.717) is 29.2 Å². The Morgan fingerprint density at radius 2 is 2.06 bits per heavy atom. The van der Waals surface area contributed by atoms with Gasteiger partial charge in [0.15, 0.2) is 11.7 Å². The number of rotatable bonds is 5. The molecule has 1 unspecified atom stereocenters. The largest absolute Gasteiger partial charge is 0.491 e. The predicted octanol–water partition coefficient (Wildman–Crippen LogP) is 3.93. The van der Waals surface area contributed by atoms with Gasteiger partial charge in [-0.1, -0.05) is 0 Å². The van der Waals surface area contributed by atoms with E-state index in [0.717, 1.165) is 54.6 Å². The Hall–Kier alpha value is -3.75. The lowest BCUT2D eigenvalue weighted by Crippen LogP contribution is -2.30. The predicted molar refractivity (Wildman–Crippen MR) is 121 cm³/mol. The summed E-state index contributed by atoms with van der Waals surface area (Å²) >= 11 is 0. The number of esters is 1. The van der Waals surface area contributed by atoms with E-state index in [2.05, 4.69) is 9.55 Å². The first kappa shape index (κ1) is 19.9. The average Bonchev–Trinajstić information content (AvgIpc) is 3.47. The number of ether oxygens (including phenoxy) is 3. The van der Waals surface area contributed by atoms with E-state index in [4.69, 9.17) is 29.3 Å². The molecule has 0 bridgehead atoms. The topological polar surface area (TPSA) is 115 Å². The summed E-state index contributed by atoms with van der Waals surface area (Å²) in [7, 11) is 1.39. The molecule has 0 amide bonds. The zero-order valence-corrected chi connectivity index (χ0v) is 18.2.